The second kappa shape index (κ2) is 4.58. The largest absolute Gasteiger partial charge is 0.383 e. The van der Waals surface area contributed by atoms with Gasteiger partial charge in [-0.25, -0.2) is 12.8 Å². The van der Waals surface area contributed by atoms with Gasteiger partial charge in [0.25, 0.3) is 10.0 Å². The molecule has 4 N–H and O–H groups in total. The highest BCUT2D eigenvalue weighted by Gasteiger charge is 2.22. The molecule has 0 amide bonds. The van der Waals surface area contributed by atoms with Crippen LogP contribution in [-0.2, 0) is 10.0 Å². The summed E-state index contributed by atoms with van der Waals surface area (Å²) in [5, 5.41) is 5.79. The Balaban J connectivity index is 2.44. The van der Waals surface area contributed by atoms with Crippen LogP contribution in [0.15, 0.2) is 33.8 Å². The van der Waals surface area contributed by atoms with Gasteiger partial charge in [0.15, 0.2) is 0 Å². The van der Waals surface area contributed by atoms with E-state index in [1.165, 1.54) is 12.1 Å². The van der Waals surface area contributed by atoms with Gasteiger partial charge in [-0.15, -0.1) is 0 Å². The maximum Gasteiger partial charge on any atom is 0.267 e. The van der Waals surface area contributed by atoms with Gasteiger partial charge >= 0.3 is 0 Å². The summed E-state index contributed by atoms with van der Waals surface area (Å²) in [6.07, 6.45) is 1.05. The summed E-state index contributed by atoms with van der Waals surface area (Å²) < 4.78 is 39.8. The molecule has 1 heterocycles. The fourth-order valence-electron chi connectivity index (χ4n) is 1.28. The summed E-state index contributed by atoms with van der Waals surface area (Å²) in [6.45, 7) is 0. The van der Waals surface area contributed by atoms with Gasteiger partial charge < -0.3 is 5.73 Å². The summed E-state index contributed by atoms with van der Waals surface area (Å²) in [7, 11) is -3.98. The quantitative estimate of drug-likeness (QED) is 0.795. The van der Waals surface area contributed by atoms with E-state index in [0.29, 0.717) is 0 Å². The summed E-state index contributed by atoms with van der Waals surface area (Å²) in [6, 6.07) is 4.10. The predicted molar refractivity (Wildman–Crippen MR) is 67.9 cm³/mol. The third-order valence-corrected chi connectivity index (χ3v) is 4.16. The van der Waals surface area contributed by atoms with Crippen LogP contribution >= 0.6 is 15.9 Å². The van der Waals surface area contributed by atoms with E-state index in [2.05, 4.69) is 30.8 Å². The molecule has 1 aromatic heterocycles. The van der Waals surface area contributed by atoms with Crippen molar-refractivity contribution >= 4 is 37.5 Å². The second-order valence-corrected chi connectivity index (χ2v) is 5.86. The Morgan fingerprint density at radius 1 is 1.44 bits per heavy atom. The Labute approximate surface area is 111 Å². The van der Waals surface area contributed by atoms with Crippen LogP contribution in [0.2, 0.25) is 0 Å². The highest BCUT2D eigenvalue weighted by Crippen LogP contribution is 2.28. The molecule has 2 aromatic rings. The third kappa shape index (κ3) is 2.31. The van der Waals surface area contributed by atoms with Crippen LogP contribution in [0.1, 0.15) is 0 Å². The highest BCUT2D eigenvalue weighted by molar-refractivity contribution is 9.10. The lowest BCUT2D eigenvalue weighted by Gasteiger charge is -2.09. The van der Waals surface area contributed by atoms with E-state index in [-0.39, 0.29) is 20.9 Å². The van der Waals surface area contributed by atoms with E-state index < -0.39 is 15.8 Å². The van der Waals surface area contributed by atoms with E-state index >= 15 is 0 Å². The molecule has 1 aromatic carbocycles. The number of hydrogen-bond donors (Lipinski definition) is 3. The summed E-state index contributed by atoms with van der Waals surface area (Å²) in [4.78, 5) is -0.238. The molecule has 0 radical (unpaired) electrons. The van der Waals surface area contributed by atoms with Crippen molar-refractivity contribution in [3.05, 3.63) is 34.7 Å². The van der Waals surface area contributed by atoms with E-state index in [0.717, 1.165) is 12.3 Å². The maximum absolute atomic E-state index is 13.5. The third-order valence-electron chi connectivity index (χ3n) is 2.12. The normalized spacial score (nSPS) is 11.4. The maximum atomic E-state index is 13.5. The zero-order valence-electron chi connectivity index (χ0n) is 8.81. The SMILES string of the molecule is Nc1[nH]ncc1S(=O)(=O)Nc1c(F)cccc1Br. The van der Waals surface area contributed by atoms with Crippen molar-refractivity contribution in [3.63, 3.8) is 0 Å². The van der Waals surface area contributed by atoms with Gasteiger partial charge in [-0.1, -0.05) is 6.07 Å². The van der Waals surface area contributed by atoms with Gasteiger partial charge in [0.05, 0.1) is 11.9 Å². The van der Waals surface area contributed by atoms with Crippen molar-refractivity contribution in [2.75, 3.05) is 10.5 Å². The van der Waals surface area contributed by atoms with Crippen LogP contribution in [0.3, 0.4) is 0 Å². The highest BCUT2D eigenvalue weighted by atomic mass is 79.9. The van der Waals surface area contributed by atoms with Crippen molar-refractivity contribution in [1.29, 1.82) is 0 Å². The Hall–Kier alpha value is -1.61. The molecule has 0 aliphatic rings. The van der Waals surface area contributed by atoms with Gasteiger partial charge in [0, 0.05) is 4.47 Å². The molecule has 0 saturated heterocycles. The van der Waals surface area contributed by atoms with Crippen molar-refractivity contribution in [3.8, 4) is 0 Å². The Morgan fingerprint density at radius 3 is 2.72 bits per heavy atom. The lowest BCUT2D eigenvalue weighted by molar-refractivity contribution is 0.599. The van der Waals surface area contributed by atoms with Gasteiger partial charge in [-0.2, -0.15) is 5.10 Å². The van der Waals surface area contributed by atoms with Crippen LogP contribution < -0.4 is 10.5 Å². The fourth-order valence-corrected chi connectivity index (χ4v) is 2.97. The molecular weight excluding hydrogens is 327 g/mol. The number of sulfonamides is 1. The minimum atomic E-state index is -3.98. The number of benzene rings is 1. The monoisotopic (exact) mass is 334 g/mol. The molecule has 2 rings (SSSR count). The molecule has 0 saturated carbocycles. The van der Waals surface area contributed by atoms with Crippen LogP contribution in [0.4, 0.5) is 15.9 Å². The predicted octanol–water partition coefficient (Wildman–Crippen LogP) is 1.69. The standard InChI is InChI=1S/C9H8BrFN4O2S/c10-5-2-1-3-6(11)8(5)15-18(16,17)7-4-13-14-9(7)12/h1-4,15H,(H3,12,13,14). The minimum Gasteiger partial charge on any atom is -0.383 e. The molecule has 0 unspecified atom stereocenters. The second-order valence-electron chi connectivity index (χ2n) is 3.35. The average molecular weight is 335 g/mol. The summed E-state index contributed by atoms with van der Waals surface area (Å²) in [5.74, 6) is -0.815. The van der Waals surface area contributed by atoms with Crippen LogP contribution in [0.25, 0.3) is 0 Å². The van der Waals surface area contributed by atoms with Crippen LogP contribution in [0, 0.1) is 5.82 Å². The summed E-state index contributed by atoms with van der Waals surface area (Å²) in [5.41, 5.74) is 5.23. The molecular formula is C9H8BrFN4O2S. The average Bonchev–Trinajstić information content (AvgIpc) is 2.71. The fraction of sp³-hybridized carbons (Fsp3) is 0. The van der Waals surface area contributed by atoms with Gasteiger partial charge in [-0.3, -0.25) is 9.82 Å². The van der Waals surface area contributed by atoms with Crippen LogP contribution in [0.5, 0.6) is 0 Å². The number of H-pyrrole nitrogens is 1. The number of anilines is 2. The first-order valence-corrected chi connectivity index (χ1v) is 6.95. The zero-order chi connectivity index (χ0) is 13.3. The number of para-hydroxylation sites is 1. The minimum absolute atomic E-state index is 0.116. The first-order valence-electron chi connectivity index (χ1n) is 4.67. The van der Waals surface area contributed by atoms with Crippen molar-refractivity contribution in [2.45, 2.75) is 4.90 Å². The van der Waals surface area contributed by atoms with E-state index in [4.69, 9.17) is 5.73 Å². The number of aromatic nitrogens is 2. The lowest BCUT2D eigenvalue weighted by atomic mass is 10.3. The lowest BCUT2D eigenvalue weighted by Crippen LogP contribution is -2.15. The first-order chi connectivity index (χ1) is 8.42. The molecule has 0 atom stereocenters. The molecule has 0 aliphatic carbocycles. The van der Waals surface area contributed by atoms with Crippen molar-refractivity contribution in [2.24, 2.45) is 0 Å². The van der Waals surface area contributed by atoms with E-state index in [1.54, 1.807) is 0 Å². The van der Waals surface area contributed by atoms with Gasteiger partial charge in [-0.05, 0) is 28.1 Å². The number of hydrogen-bond acceptors (Lipinski definition) is 4. The van der Waals surface area contributed by atoms with Crippen molar-refractivity contribution < 1.29 is 12.8 Å². The number of rotatable bonds is 3. The Kier molecular flexibility index (Phi) is 3.26. The molecule has 6 nitrogen and oxygen atoms in total. The number of aromatic amines is 1. The van der Waals surface area contributed by atoms with Crippen LogP contribution in [-0.4, -0.2) is 18.6 Å². The van der Waals surface area contributed by atoms with Gasteiger partial charge in [0.2, 0.25) is 0 Å². The first kappa shape index (κ1) is 12.8. The zero-order valence-corrected chi connectivity index (χ0v) is 11.2. The number of nitrogens with two attached hydrogens (primary N) is 1. The molecule has 0 aliphatic heterocycles. The van der Waals surface area contributed by atoms with E-state index in [9.17, 15) is 12.8 Å². The molecule has 9 heteroatoms. The molecule has 0 spiro atoms. The number of nitrogens with one attached hydrogen (secondary N) is 2. The Bertz CT molecular complexity index is 665. The number of nitrogen functional groups attached to an aromatic ring is 1. The number of nitrogens with zero attached hydrogens (tertiary/aromatic N) is 1. The molecule has 0 fully saturated rings. The van der Waals surface area contributed by atoms with E-state index in [1.807, 2.05) is 0 Å². The molecule has 96 valence electrons. The molecule has 18 heavy (non-hydrogen) atoms. The van der Waals surface area contributed by atoms with Crippen molar-refractivity contribution in [1.82, 2.24) is 10.2 Å². The smallest absolute Gasteiger partial charge is 0.267 e. The molecule has 0 bridgehead atoms. The Morgan fingerprint density at radius 2 is 2.17 bits per heavy atom. The number of halogens is 2. The summed E-state index contributed by atoms with van der Waals surface area (Å²) >= 11 is 3.06. The van der Waals surface area contributed by atoms with Gasteiger partial charge in [0.1, 0.15) is 16.5 Å². The topological polar surface area (TPSA) is 101 Å².